The predicted octanol–water partition coefficient (Wildman–Crippen LogP) is 1.68. The number of nitrogens with zero attached hydrogens (tertiary/aromatic N) is 2. The van der Waals surface area contributed by atoms with Crippen molar-refractivity contribution in [1.82, 2.24) is 20.5 Å². The van der Waals surface area contributed by atoms with Crippen LogP contribution in [0.2, 0.25) is 0 Å². The molecule has 1 aromatic carbocycles. The molecule has 0 unspecified atom stereocenters. The van der Waals surface area contributed by atoms with E-state index in [0.29, 0.717) is 30.8 Å². The van der Waals surface area contributed by atoms with E-state index < -0.39 is 18.2 Å². The summed E-state index contributed by atoms with van der Waals surface area (Å²) in [7, 11) is 0. The van der Waals surface area contributed by atoms with Crippen molar-refractivity contribution in [3.8, 4) is 5.75 Å². The molecule has 8 nitrogen and oxygen atoms in total. The molecule has 4 N–H and O–H groups in total. The number of aromatic nitrogens is 3. The Morgan fingerprint density at radius 3 is 2.93 bits per heavy atom. The van der Waals surface area contributed by atoms with Gasteiger partial charge in [0.25, 0.3) is 0 Å². The number of nitrogens with one attached hydrogen (secondary N) is 2. The minimum absolute atomic E-state index is 0.419. The summed E-state index contributed by atoms with van der Waals surface area (Å²) in [6, 6.07) is 9.05. The van der Waals surface area contributed by atoms with E-state index in [1.54, 1.807) is 24.5 Å². The zero-order valence-electron chi connectivity index (χ0n) is 14.9. The number of benzene rings is 1. The fraction of sp³-hybridized carbons (Fsp3) is 0.316. The van der Waals surface area contributed by atoms with Crippen molar-refractivity contribution >= 4 is 16.9 Å². The van der Waals surface area contributed by atoms with E-state index in [-0.39, 0.29) is 0 Å². The van der Waals surface area contributed by atoms with E-state index in [1.165, 1.54) is 6.92 Å². The van der Waals surface area contributed by atoms with Crippen molar-refractivity contribution in [2.75, 3.05) is 13.1 Å². The second-order valence-electron chi connectivity index (χ2n) is 6.21. The summed E-state index contributed by atoms with van der Waals surface area (Å²) in [6.45, 7) is 2.54. The molecule has 0 saturated heterocycles. The maximum atomic E-state index is 11.0. The van der Waals surface area contributed by atoms with Gasteiger partial charge in [-0.1, -0.05) is 18.2 Å². The van der Waals surface area contributed by atoms with Crippen molar-refractivity contribution in [1.29, 1.82) is 0 Å². The molecule has 3 aromatic rings. The highest BCUT2D eigenvalue weighted by Crippen LogP contribution is 2.26. The van der Waals surface area contributed by atoms with Crippen LogP contribution in [0.5, 0.6) is 5.75 Å². The van der Waals surface area contributed by atoms with Crippen LogP contribution < -0.4 is 10.1 Å². The minimum Gasteiger partial charge on any atom is -0.479 e. The van der Waals surface area contributed by atoms with Crippen LogP contribution in [0.1, 0.15) is 24.3 Å². The Balaban J connectivity index is 1.59. The lowest BCUT2D eigenvalue weighted by molar-refractivity contribution is -0.144. The topological polar surface area (TPSA) is 120 Å². The number of H-pyrrole nitrogens is 1. The number of fused-ring (bicyclic) bond motifs is 1. The van der Waals surface area contributed by atoms with Crippen LogP contribution in [0.25, 0.3) is 10.9 Å². The number of rotatable bonds is 9. The van der Waals surface area contributed by atoms with Crippen LogP contribution in [0.15, 0.2) is 42.7 Å². The molecule has 8 heteroatoms. The zero-order chi connectivity index (χ0) is 19.2. The van der Waals surface area contributed by atoms with E-state index in [9.17, 15) is 9.90 Å². The van der Waals surface area contributed by atoms with Crippen molar-refractivity contribution in [2.45, 2.75) is 25.6 Å². The van der Waals surface area contributed by atoms with E-state index in [4.69, 9.17) is 9.84 Å². The number of carbonyl (C=O) groups is 1. The monoisotopic (exact) mass is 370 g/mol. The lowest BCUT2D eigenvalue weighted by Gasteiger charge is -2.11. The quantitative estimate of drug-likeness (QED) is 0.423. The third-order valence-electron chi connectivity index (χ3n) is 4.24. The lowest BCUT2D eigenvalue weighted by atomic mass is 10.1. The van der Waals surface area contributed by atoms with Gasteiger partial charge in [0.05, 0.1) is 6.10 Å². The molecule has 2 heterocycles. The van der Waals surface area contributed by atoms with E-state index >= 15 is 0 Å². The van der Waals surface area contributed by atoms with Crippen molar-refractivity contribution in [2.24, 2.45) is 0 Å². The van der Waals surface area contributed by atoms with Crippen LogP contribution in [0.3, 0.4) is 0 Å². The number of aliphatic hydroxyl groups excluding tert-OH is 1. The highest BCUT2D eigenvalue weighted by Gasteiger charge is 2.16. The number of pyridine rings is 1. The Kier molecular flexibility index (Phi) is 6.00. The number of aliphatic carboxylic acids is 1. The lowest BCUT2D eigenvalue weighted by Crippen LogP contribution is -2.24. The van der Waals surface area contributed by atoms with Crippen molar-refractivity contribution < 1.29 is 19.7 Å². The fourth-order valence-corrected chi connectivity index (χ4v) is 2.73. The van der Waals surface area contributed by atoms with Crippen molar-refractivity contribution in [3.63, 3.8) is 0 Å². The standard InChI is InChI=1S/C19H22N4O4/c1-12(19(25)26)27-17-6-2-5-14-15(22-23-18(14)17)7-9-21-11-16(24)13-4-3-8-20-10-13/h2-6,8,10,12,16,21,24H,7,9,11H2,1H3,(H,22,23)(H,25,26)/t12-,16-/m0/s1. The number of hydrogen-bond donors (Lipinski definition) is 4. The third kappa shape index (κ3) is 4.60. The molecule has 0 aliphatic heterocycles. The number of hydrogen-bond acceptors (Lipinski definition) is 6. The molecule has 142 valence electrons. The van der Waals surface area contributed by atoms with Gasteiger partial charge < -0.3 is 20.3 Å². The van der Waals surface area contributed by atoms with Gasteiger partial charge >= 0.3 is 5.97 Å². The SMILES string of the molecule is C[C@H](Oc1cccc2c(CCNC[C@H](O)c3cccnc3)[nH]nc12)C(=O)O. The summed E-state index contributed by atoms with van der Waals surface area (Å²) >= 11 is 0. The largest absolute Gasteiger partial charge is 0.479 e. The molecule has 3 rings (SSSR count). The molecule has 2 aromatic heterocycles. The molecular weight excluding hydrogens is 348 g/mol. The van der Waals surface area contributed by atoms with Gasteiger partial charge in [-0.3, -0.25) is 10.1 Å². The Morgan fingerprint density at radius 1 is 1.33 bits per heavy atom. The normalized spacial score (nSPS) is 13.4. The van der Waals surface area contributed by atoms with Gasteiger partial charge in [0.2, 0.25) is 0 Å². The second-order valence-corrected chi connectivity index (χ2v) is 6.21. The number of aromatic amines is 1. The average Bonchev–Trinajstić information content (AvgIpc) is 3.10. The molecule has 0 aliphatic carbocycles. The fourth-order valence-electron chi connectivity index (χ4n) is 2.73. The molecule has 0 spiro atoms. The summed E-state index contributed by atoms with van der Waals surface area (Å²) in [4.78, 5) is 15.0. The smallest absolute Gasteiger partial charge is 0.344 e. The van der Waals surface area contributed by atoms with Gasteiger partial charge in [0, 0.05) is 48.5 Å². The molecule has 0 amide bonds. The van der Waals surface area contributed by atoms with Crippen molar-refractivity contribution in [3.05, 3.63) is 54.0 Å². The minimum atomic E-state index is -1.03. The van der Waals surface area contributed by atoms with Crippen LogP contribution in [-0.4, -0.2) is 50.6 Å². The summed E-state index contributed by atoms with van der Waals surface area (Å²) in [5.41, 5.74) is 2.30. The highest BCUT2D eigenvalue weighted by molar-refractivity contribution is 5.87. The Hall–Kier alpha value is -2.97. The van der Waals surface area contributed by atoms with E-state index in [2.05, 4.69) is 20.5 Å². The summed E-state index contributed by atoms with van der Waals surface area (Å²) in [5, 5.41) is 30.5. The van der Waals surface area contributed by atoms with Gasteiger partial charge in [-0.15, -0.1) is 0 Å². The maximum absolute atomic E-state index is 11.0. The zero-order valence-corrected chi connectivity index (χ0v) is 14.9. The van der Waals surface area contributed by atoms with Crippen LogP contribution in [0.4, 0.5) is 0 Å². The number of ether oxygens (including phenoxy) is 1. The van der Waals surface area contributed by atoms with Gasteiger partial charge in [-0.25, -0.2) is 4.79 Å². The highest BCUT2D eigenvalue weighted by atomic mass is 16.5. The summed E-state index contributed by atoms with van der Waals surface area (Å²) < 4.78 is 5.47. The summed E-state index contributed by atoms with van der Waals surface area (Å²) in [5.74, 6) is -0.594. The third-order valence-corrected chi connectivity index (χ3v) is 4.24. The van der Waals surface area contributed by atoms with E-state index in [1.807, 2.05) is 18.2 Å². The molecule has 0 aliphatic rings. The molecule has 0 radical (unpaired) electrons. The Labute approximate surface area is 156 Å². The van der Waals surface area contributed by atoms with Gasteiger partial charge in [0.15, 0.2) is 6.10 Å². The molecular formula is C19H22N4O4. The summed E-state index contributed by atoms with van der Waals surface area (Å²) in [6.07, 6.45) is 2.42. The Morgan fingerprint density at radius 2 is 2.19 bits per heavy atom. The maximum Gasteiger partial charge on any atom is 0.344 e. The second kappa shape index (κ2) is 8.61. The van der Waals surface area contributed by atoms with E-state index in [0.717, 1.165) is 16.6 Å². The number of aliphatic hydroxyl groups is 1. The first-order valence-electron chi connectivity index (χ1n) is 8.70. The molecule has 2 atom stereocenters. The van der Waals surface area contributed by atoms with Gasteiger partial charge in [0.1, 0.15) is 11.3 Å². The first-order chi connectivity index (χ1) is 13.1. The van der Waals surface area contributed by atoms with Gasteiger partial charge in [-0.05, 0) is 19.1 Å². The van der Waals surface area contributed by atoms with Crippen LogP contribution >= 0.6 is 0 Å². The van der Waals surface area contributed by atoms with Crippen LogP contribution in [0, 0.1) is 0 Å². The molecule has 27 heavy (non-hydrogen) atoms. The first kappa shape index (κ1) is 18.8. The Bertz CT molecular complexity index is 897. The number of carboxylic acids is 1. The van der Waals surface area contributed by atoms with Gasteiger partial charge in [-0.2, -0.15) is 5.10 Å². The first-order valence-corrected chi connectivity index (χ1v) is 8.70. The number of para-hydroxylation sites is 1. The average molecular weight is 370 g/mol. The molecule has 0 fully saturated rings. The predicted molar refractivity (Wildman–Crippen MR) is 99.6 cm³/mol. The molecule has 0 bridgehead atoms. The molecule has 0 saturated carbocycles. The van der Waals surface area contributed by atoms with Crippen LogP contribution in [-0.2, 0) is 11.2 Å². The number of carboxylic acid groups (broad SMARTS) is 1.